The molecule has 0 radical (unpaired) electrons. The second-order valence-electron chi connectivity index (χ2n) is 2.91. The predicted molar refractivity (Wildman–Crippen MR) is 57.1 cm³/mol. The first kappa shape index (κ1) is 10.4. The average molecular weight is 239 g/mol. The van der Waals surface area contributed by atoms with E-state index in [0.29, 0.717) is 5.39 Å². The van der Waals surface area contributed by atoms with Gasteiger partial charge in [-0.3, -0.25) is 10.1 Å². The first-order valence-electron chi connectivity index (χ1n) is 4.15. The molecule has 2 rings (SSSR count). The van der Waals surface area contributed by atoms with Crippen molar-refractivity contribution in [3.05, 3.63) is 34.4 Å². The Kier molecular flexibility index (Phi) is 2.45. The molecule has 7 heteroatoms. The van der Waals surface area contributed by atoms with Gasteiger partial charge in [0.15, 0.2) is 5.06 Å². The molecule has 0 bridgehead atoms. The maximum Gasteiger partial charge on any atom is 0.512 e. The number of nitro benzene ring substituents is 1. The number of benzene rings is 1. The molecule has 1 heterocycles. The summed E-state index contributed by atoms with van der Waals surface area (Å²) in [6.07, 6.45) is -1.40. The van der Waals surface area contributed by atoms with Gasteiger partial charge in [0.05, 0.1) is 4.92 Å². The van der Waals surface area contributed by atoms with Crippen LogP contribution >= 0.6 is 11.3 Å². The van der Waals surface area contributed by atoms with Crippen molar-refractivity contribution in [2.75, 3.05) is 0 Å². The fraction of sp³-hybridized carbons (Fsp3) is 0. The van der Waals surface area contributed by atoms with E-state index in [2.05, 4.69) is 4.74 Å². The van der Waals surface area contributed by atoms with Crippen LogP contribution in [0.25, 0.3) is 10.1 Å². The number of ether oxygens (including phenoxy) is 1. The van der Waals surface area contributed by atoms with Crippen molar-refractivity contribution in [2.24, 2.45) is 0 Å². The van der Waals surface area contributed by atoms with Crippen LogP contribution in [0.5, 0.6) is 5.06 Å². The van der Waals surface area contributed by atoms with Crippen LogP contribution < -0.4 is 4.74 Å². The lowest BCUT2D eigenvalue weighted by molar-refractivity contribution is -0.384. The molecule has 1 aromatic heterocycles. The van der Waals surface area contributed by atoms with E-state index in [4.69, 9.17) is 5.11 Å². The molecule has 0 unspecified atom stereocenters. The van der Waals surface area contributed by atoms with Gasteiger partial charge in [-0.1, -0.05) is 11.3 Å². The van der Waals surface area contributed by atoms with Crippen molar-refractivity contribution in [3.8, 4) is 5.06 Å². The molecule has 1 aromatic carbocycles. The first-order valence-corrected chi connectivity index (χ1v) is 4.96. The van der Waals surface area contributed by atoms with E-state index in [1.165, 1.54) is 18.2 Å². The van der Waals surface area contributed by atoms with Crippen LogP contribution in [0.4, 0.5) is 10.5 Å². The normalized spacial score (nSPS) is 10.2. The van der Waals surface area contributed by atoms with Crippen LogP contribution in [0.2, 0.25) is 0 Å². The molecule has 0 spiro atoms. The lowest BCUT2D eigenvalue weighted by Gasteiger charge is -1.90. The lowest BCUT2D eigenvalue weighted by atomic mass is 10.2. The molecule has 0 aliphatic carbocycles. The largest absolute Gasteiger partial charge is 0.512 e. The molecular formula is C9H5NO5S. The minimum atomic E-state index is -1.40. The van der Waals surface area contributed by atoms with E-state index in [1.54, 1.807) is 6.07 Å². The molecule has 2 aromatic rings. The highest BCUT2D eigenvalue weighted by Gasteiger charge is 2.10. The van der Waals surface area contributed by atoms with Gasteiger partial charge in [0.1, 0.15) is 0 Å². The quantitative estimate of drug-likeness (QED) is 0.494. The Labute approximate surface area is 92.8 Å². The number of non-ortho nitro benzene ring substituents is 1. The predicted octanol–water partition coefficient (Wildman–Crippen LogP) is 2.87. The van der Waals surface area contributed by atoms with E-state index in [9.17, 15) is 14.9 Å². The van der Waals surface area contributed by atoms with Gasteiger partial charge in [0.25, 0.3) is 5.69 Å². The Hall–Kier alpha value is -2.15. The number of hydrogen-bond donors (Lipinski definition) is 1. The van der Waals surface area contributed by atoms with Crippen molar-refractivity contribution >= 4 is 33.3 Å². The summed E-state index contributed by atoms with van der Waals surface area (Å²) in [6, 6.07) is 5.76. The average Bonchev–Trinajstić information content (AvgIpc) is 2.56. The Morgan fingerprint density at radius 3 is 2.81 bits per heavy atom. The molecular weight excluding hydrogens is 234 g/mol. The van der Waals surface area contributed by atoms with Crippen LogP contribution in [0.15, 0.2) is 24.3 Å². The number of carbonyl (C=O) groups is 1. The maximum absolute atomic E-state index is 10.5. The summed E-state index contributed by atoms with van der Waals surface area (Å²) >= 11 is 1.12. The van der Waals surface area contributed by atoms with Gasteiger partial charge in [-0.15, -0.1) is 0 Å². The van der Waals surface area contributed by atoms with Crippen molar-refractivity contribution in [3.63, 3.8) is 0 Å². The van der Waals surface area contributed by atoms with Gasteiger partial charge in [0.2, 0.25) is 0 Å². The van der Waals surface area contributed by atoms with Crippen LogP contribution in [-0.4, -0.2) is 16.2 Å². The maximum atomic E-state index is 10.5. The van der Waals surface area contributed by atoms with Crippen molar-refractivity contribution in [1.82, 2.24) is 0 Å². The highest BCUT2D eigenvalue weighted by atomic mass is 32.1. The number of rotatable bonds is 2. The molecule has 0 saturated heterocycles. The lowest BCUT2D eigenvalue weighted by Crippen LogP contribution is -2.00. The Bertz CT molecular complexity index is 576. The number of nitro groups is 1. The number of thiophene rings is 1. The van der Waals surface area contributed by atoms with Crippen LogP contribution in [-0.2, 0) is 0 Å². The zero-order valence-corrected chi connectivity index (χ0v) is 8.56. The smallest absolute Gasteiger partial charge is 0.449 e. The number of hydrogen-bond acceptors (Lipinski definition) is 5. The highest BCUT2D eigenvalue weighted by molar-refractivity contribution is 7.20. The monoisotopic (exact) mass is 239 g/mol. The van der Waals surface area contributed by atoms with E-state index in [1.807, 2.05) is 0 Å². The number of fused-ring (bicyclic) bond motifs is 1. The van der Waals surface area contributed by atoms with Gasteiger partial charge >= 0.3 is 6.16 Å². The van der Waals surface area contributed by atoms with Gasteiger partial charge in [-0.25, -0.2) is 4.79 Å². The van der Waals surface area contributed by atoms with Crippen LogP contribution in [0, 0.1) is 10.1 Å². The second-order valence-corrected chi connectivity index (χ2v) is 3.96. The second kappa shape index (κ2) is 3.78. The Morgan fingerprint density at radius 2 is 2.19 bits per heavy atom. The van der Waals surface area contributed by atoms with Gasteiger partial charge in [-0.2, -0.15) is 0 Å². The third-order valence-corrected chi connectivity index (χ3v) is 2.87. The molecule has 16 heavy (non-hydrogen) atoms. The SMILES string of the molecule is O=C(O)Oc1cc2cc([N+](=O)[O-])ccc2s1. The van der Waals surface area contributed by atoms with Gasteiger partial charge in [-0.05, 0) is 6.07 Å². The summed E-state index contributed by atoms with van der Waals surface area (Å²) in [5, 5.41) is 19.7. The zero-order chi connectivity index (χ0) is 11.7. The molecule has 0 atom stereocenters. The molecule has 0 saturated carbocycles. The first-order chi connectivity index (χ1) is 7.56. The molecule has 0 amide bonds. The molecule has 0 fully saturated rings. The van der Waals surface area contributed by atoms with Crippen molar-refractivity contribution < 1.29 is 19.6 Å². The summed E-state index contributed by atoms with van der Waals surface area (Å²) < 4.78 is 5.20. The summed E-state index contributed by atoms with van der Waals surface area (Å²) in [4.78, 5) is 20.3. The molecule has 0 aliphatic rings. The fourth-order valence-corrected chi connectivity index (χ4v) is 2.14. The van der Waals surface area contributed by atoms with Crippen molar-refractivity contribution in [1.29, 1.82) is 0 Å². The summed E-state index contributed by atoms with van der Waals surface area (Å²) in [7, 11) is 0. The molecule has 1 N–H and O–H groups in total. The summed E-state index contributed by atoms with van der Waals surface area (Å²) in [6.45, 7) is 0. The Balaban J connectivity index is 2.45. The van der Waals surface area contributed by atoms with Crippen LogP contribution in [0.3, 0.4) is 0 Å². The van der Waals surface area contributed by atoms with Gasteiger partial charge in [0, 0.05) is 28.3 Å². The third kappa shape index (κ3) is 1.94. The minimum absolute atomic E-state index is 0.0350. The highest BCUT2D eigenvalue weighted by Crippen LogP contribution is 2.33. The van der Waals surface area contributed by atoms with Crippen molar-refractivity contribution in [2.45, 2.75) is 0 Å². The number of nitrogens with zero attached hydrogens (tertiary/aromatic N) is 1. The topological polar surface area (TPSA) is 89.7 Å². The fourth-order valence-electron chi connectivity index (χ4n) is 1.26. The molecule has 82 valence electrons. The van der Waals surface area contributed by atoms with E-state index in [-0.39, 0.29) is 10.8 Å². The minimum Gasteiger partial charge on any atom is -0.449 e. The third-order valence-electron chi connectivity index (χ3n) is 1.88. The van der Waals surface area contributed by atoms with Gasteiger partial charge < -0.3 is 9.84 Å². The molecule has 6 nitrogen and oxygen atoms in total. The Morgan fingerprint density at radius 1 is 1.44 bits per heavy atom. The summed E-state index contributed by atoms with van der Waals surface area (Å²) in [5.74, 6) is 0. The standard InChI is InChI=1S/C9H5NO5S/c11-9(12)15-8-4-5-3-6(10(13)14)1-2-7(5)16-8/h1-4H,(H,11,12). The number of carboxylic acid groups (broad SMARTS) is 1. The van der Waals surface area contributed by atoms with E-state index >= 15 is 0 Å². The van der Waals surface area contributed by atoms with E-state index < -0.39 is 11.1 Å². The summed E-state index contributed by atoms with van der Waals surface area (Å²) in [5.41, 5.74) is -0.0350. The zero-order valence-electron chi connectivity index (χ0n) is 7.75. The van der Waals surface area contributed by atoms with Crippen LogP contribution in [0.1, 0.15) is 0 Å². The van der Waals surface area contributed by atoms with E-state index in [0.717, 1.165) is 16.0 Å². The molecule has 0 aliphatic heterocycles.